The van der Waals surface area contributed by atoms with Crippen LogP contribution in [0.2, 0.25) is 0 Å². The molecule has 22 heavy (non-hydrogen) atoms. The first-order valence-electron chi connectivity index (χ1n) is 8.15. The van der Waals surface area contributed by atoms with Gasteiger partial charge in [-0.2, -0.15) is 5.26 Å². The number of benzene rings is 1. The van der Waals surface area contributed by atoms with Crippen molar-refractivity contribution in [1.29, 1.82) is 5.26 Å². The molecule has 1 N–H and O–H groups in total. The molecule has 114 valence electrons. The smallest absolute Gasteiger partial charge is 0.262 e. The van der Waals surface area contributed by atoms with E-state index in [1.54, 1.807) is 6.08 Å². The highest BCUT2D eigenvalue weighted by molar-refractivity contribution is 6.01. The normalized spacial score (nSPS) is 28.2. The second kappa shape index (κ2) is 6.36. The van der Waals surface area contributed by atoms with Gasteiger partial charge in [0.15, 0.2) is 0 Å². The Labute approximate surface area is 132 Å². The fourth-order valence-corrected chi connectivity index (χ4v) is 4.16. The highest BCUT2D eigenvalue weighted by Gasteiger charge is 2.42. The van der Waals surface area contributed by atoms with Crippen molar-refractivity contribution >= 4 is 12.0 Å². The van der Waals surface area contributed by atoms with E-state index in [0.29, 0.717) is 5.92 Å². The third-order valence-corrected chi connectivity index (χ3v) is 5.27. The van der Waals surface area contributed by atoms with Gasteiger partial charge in [0.05, 0.1) is 0 Å². The predicted molar refractivity (Wildman–Crippen MR) is 86.6 cm³/mol. The van der Waals surface area contributed by atoms with Gasteiger partial charge in [-0.15, -0.1) is 0 Å². The minimum Gasteiger partial charge on any atom is -0.349 e. The van der Waals surface area contributed by atoms with Crippen molar-refractivity contribution in [2.45, 2.75) is 38.6 Å². The summed E-state index contributed by atoms with van der Waals surface area (Å²) in [5, 5.41) is 12.3. The molecule has 4 unspecified atom stereocenters. The highest BCUT2D eigenvalue weighted by atomic mass is 16.1. The maximum absolute atomic E-state index is 12.4. The van der Waals surface area contributed by atoms with Gasteiger partial charge in [-0.1, -0.05) is 36.8 Å². The van der Waals surface area contributed by atoms with E-state index in [-0.39, 0.29) is 17.5 Å². The summed E-state index contributed by atoms with van der Waals surface area (Å²) in [5.41, 5.74) is 1.06. The minimum absolute atomic E-state index is 0.148. The molecule has 0 spiro atoms. The molecular formula is C19H22N2O. The van der Waals surface area contributed by atoms with Crippen LogP contribution in [-0.2, 0) is 4.79 Å². The average Bonchev–Trinajstić information content (AvgIpc) is 3.16. The molecule has 1 aromatic rings. The quantitative estimate of drug-likeness (QED) is 0.682. The molecule has 2 bridgehead atoms. The number of hydrogen-bond acceptors (Lipinski definition) is 2. The van der Waals surface area contributed by atoms with Gasteiger partial charge in [0.25, 0.3) is 5.91 Å². The summed E-state index contributed by atoms with van der Waals surface area (Å²) in [7, 11) is 0. The van der Waals surface area contributed by atoms with E-state index in [1.165, 1.54) is 25.7 Å². The lowest BCUT2D eigenvalue weighted by Gasteiger charge is -2.28. The summed E-state index contributed by atoms with van der Waals surface area (Å²) in [4.78, 5) is 12.4. The van der Waals surface area contributed by atoms with Crippen LogP contribution in [0.15, 0.2) is 35.9 Å². The number of carbonyl (C=O) groups is 1. The number of fused-ring (bicyclic) bond motifs is 2. The van der Waals surface area contributed by atoms with Crippen molar-refractivity contribution in [3.63, 3.8) is 0 Å². The Balaban J connectivity index is 1.65. The summed E-state index contributed by atoms with van der Waals surface area (Å²) < 4.78 is 0. The van der Waals surface area contributed by atoms with Crippen LogP contribution in [0.4, 0.5) is 0 Å². The molecule has 2 aliphatic carbocycles. The second-order valence-corrected chi connectivity index (χ2v) is 6.68. The zero-order valence-corrected chi connectivity index (χ0v) is 13.0. The van der Waals surface area contributed by atoms with Crippen LogP contribution in [-0.4, -0.2) is 11.9 Å². The summed E-state index contributed by atoms with van der Waals surface area (Å²) in [6.07, 6.45) is 6.88. The third kappa shape index (κ3) is 3.06. The predicted octanol–water partition coefficient (Wildman–Crippen LogP) is 3.53. The zero-order chi connectivity index (χ0) is 15.5. The zero-order valence-electron chi connectivity index (χ0n) is 13.0. The first-order valence-corrected chi connectivity index (χ1v) is 8.15. The minimum atomic E-state index is -0.248. The number of rotatable bonds is 4. The maximum Gasteiger partial charge on any atom is 0.262 e. The Morgan fingerprint density at radius 2 is 2.09 bits per heavy atom. The lowest BCUT2D eigenvalue weighted by molar-refractivity contribution is -0.118. The number of nitriles is 1. The van der Waals surface area contributed by atoms with Crippen molar-refractivity contribution in [3.05, 3.63) is 41.5 Å². The maximum atomic E-state index is 12.4. The van der Waals surface area contributed by atoms with Crippen LogP contribution >= 0.6 is 0 Å². The molecule has 1 aromatic carbocycles. The number of nitrogens with one attached hydrogen (secondary N) is 1. The molecule has 2 aliphatic rings. The Morgan fingerprint density at radius 3 is 2.68 bits per heavy atom. The molecule has 4 atom stereocenters. The van der Waals surface area contributed by atoms with Crippen molar-refractivity contribution in [3.8, 4) is 6.07 Å². The lowest BCUT2D eigenvalue weighted by atomic mass is 9.84. The molecule has 0 heterocycles. The largest absolute Gasteiger partial charge is 0.349 e. The second-order valence-electron chi connectivity index (χ2n) is 6.68. The van der Waals surface area contributed by atoms with Crippen LogP contribution in [0.25, 0.3) is 6.08 Å². The van der Waals surface area contributed by atoms with Crippen LogP contribution < -0.4 is 5.32 Å². The van der Waals surface area contributed by atoms with Gasteiger partial charge in [-0.25, -0.2) is 0 Å². The average molecular weight is 294 g/mol. The Hall–Kier alpha value is -2.08. The first-order chi connectivity index (χ1) is 10.7. The summed E-state index contributed by atoms with van der Waals surface area (Å²) in [5.74, 6) is 1.97. The molecule has 1 amide bonds. The standard InChI is InChI=1S/C19H22N2O/c1-13(18-11-15-7-8-16(18)10-15)21-19(22)17(12-20)9-14-5-3-2-4-6-14/h2-6,9,13,15-16,18H,7-8,10-11H2,1H3,(H,21,22). The van der Waals surface area contributed by atoms with Gasteiger partial charge in [-0.3, -0.25) is 4.79 Å². The first kappa shape index (κ1) is 14.8. The van der Waals surface area contributed by atoms with E-state index in [2.05, 4.69) is 12.2 Å². The van der Waals surface area contributed by atoms with Gasteiger partial charge >= 0.3 is 0 Å². The number of nitrogens with zero attached hydrogens (tertiary/aromatic N) is 1. The Kier molecular flexibility index (Phi) is 4.29. The van der Waals surface area contributed by atoms with Crippen LogP contribution in [0, 0.1) is 29.1 Å². The van der Waals surface area contributed by atoms with Gasteiger partial charge in [0, 0.05) is 6.04 Å². The Morgan fingerprint density at radius 1 is 1.32 bits per heavy atom. The molecule has 0 aliphatic heterocycles. The summed E-state index contributed by atoms with van der Waals surface area (Å²) >= 11 is 0. The fraction of sp³-hybridized carbons (Fsp3) is 0.474. The summed E-state index contributed by atoms with van der Waals surface area (Å²) in [6.45, 7) is 2.08. The van der Waals surface area contributed by atoms with E-state index in [1.807, 2.05) is 36.4 Å². The van der Waals surface area contributed by atoms with Crippen LogP contribution in [0.3, 0.4) is 0 Å². The molecular weight excluding hydrogens is 272 g/mol. The third-order valence-electron chi connectivity index (χ3n) is 5.27. The van der Waals surface area contributed by atoms with E-state index in [0.717, 1.165) is 17.4 Å². The number of carbonyl (C=O) groups excluding carboxylic acids is 1. The number of hydrogen-bond donors (Lipinski definition) is 1. The Bertz CT molecular complexity index is 614. The van der Waals surface area contributed by atoms with Gasteiger partial charge in [0.1, 0.15) is 11.6 Å². The van der Waals surface area contributed by atoms with Crippen LogP contribution in [0.5, 0.6) is 0 Å². The van der Waals surface area contributed by atoms with E-state index in [9.17, 15) is 10.1 Å². The number of amides is 1. The van der Waals surface area contributed by atoms with Crippen molar-refractivity contribution < 1.29 is 4.79 Å². The van der Waals surface area contributed by atoms with Gasteiger partial charge in [0.2, 0.25) is 0 Å². The topological polar surface area (TPSA) is 52.9 Å². The van der Waals surface area contributed by atoms with E-state index < -0.39 is 0 Å². The van der Waals surface area contributed by atoms with Crippen molar-refractivity contribution in [1.82, 2.24) is 5.32 Å². The lowest BCUT2D eigenvalue weighted by Crippen LogP contribution is -2.40. The highest BCUT2D eigenvalue weighted by Crippen LogP contribution is 2.49. The van der Waals surface area contributed by atoms with E-state index >= 15 is 0 Å². The van der Waals surface area contributed by atoms with Gasteiger partial charge < -0.3 is 5.32 Å². The monoisotopic (exact) mass is 294 g/mol. The van der Waals surface area contributed by atoms with E-state index in [4.69, 9.17) is 0 Å². The molecule has 0 saturated heterocycles. The van der Waals surface area contributed by atoms with Crippen molar-refractivity contribution in [2.24, 2.45) is 17.8 Å². The molecule has 3 rings (SSSR count). The molecule has 3 heteroatoms. The summed E-state index contributed by atoms with van der Waals surface area (Å²) in [6, 6.07) is 11.7. The molecule has 0 aromatic heterocycles. The SMILES string of the molecule is CC(NC(=O)C(C#N)=Cc1ccccc1)C1CC2CCC1C2. The molecule has 3 nitrogen and oxygen atoms in total. The molecule has 2 saturated carbocycles. The fourth-order valence-electron chi connectivity index (χ4n) is 4.16. The molecule has 2 fully saturated rings. The molecule has 0 radical (unpaired) electrons. The van der Waals surface area contributed by atoms with Gasteiger partial charge in [-0.05, 0) is 55.6 Å². The van der Waals surface area contributed by atoms with Crippen molar-refractivity contribution in [2.75, 3.05) is 0 Å². The van der Waals surface area contributed by atoms with Crippen LogP contribution in [0.1, 0.15) is 38.2 Å².